The zero-order chi connectivity index (χ0) is 13.1. The van der Waals surface area contributed by atoms with Crippen LogP contribution in [0, 0.1) is 13.8 Å². The molecule has 0 fully saturated rings. The first-order valence-electron chi connectivity index (χ1n) is 6.10. The molecule has 0 amide bonds. The van der Waals surface area contributed by atoms with Gasteiger partial charge in [-0.25, -0.2) is 4.68 Å². The van der Waals surface area contributed by atoms with E-state index in [1.165, 1.54) is 15.3 Å². The smallest absolute Gasteiger partial charge is 0.165 e. The van der Waals surface area contributed by atoms with Gasteiger partial charge in [-0.1, -0.05) is 13.8 Å². The second kappa shape index (κ2) is 5.58. The van der Waals surface area contributed by atoms with Crippen LogP contribution in [0.2, 0.25) is 0 Å². The van der Waals surface area contributed by atoms with Crippen molar-refractivity contribution < 1.29 is 0 Å². The van der Waals surface area contributed by atoms with Crippen LogP contribution in [-0.4, -0.2) is 26.2 Å². The standard InChI is InChI=1S/C12H19N5S/c1-8(2)13-6-12-14-15-16-17(12)7-11-5-9(3)10(4)18-11/h5,8,13H,6-7H2,1-4H3. The van der Waals surface area contributed by atoms with Crippen molar-refractivity contribution in [1.29, 1.82) is 0 Å². The molecule has 0 atom stereocenters. The second-order valence-electron chi connectivity index (χ2n) is 4.74. The summed E-state index contributed by atoms with van der Waals surface area (Å²) in [6, 6.07) is 2.64. The number of tetrazole rings is 1. The highest BCUT2D eigenvalue weighted by Crippen LogP contribution is 2.21. The van der Waals surface area contributed by atoms with Crippen molar-refractivity contribution in [2.75, 3.05) is 0 Å². The number of hydrogen-bond acceptors (Lipinski definition) is 5. The van der Waals surface area contributed by atoms with Gasteiger partial charge in [0.15, 0.2) is 5.82 Å². The topological polar surface area (TPSA) is 55.6 Å². The van der Waals surface area contributed by atoms with Gasteiger partial charge in [-0.2, -0.15) is 0 Å². The third-order valence-electron chi connectivity index (χ3n) is 2.80. The lowest BCUT2D eigenvalue weighted by Gasteiger charge is -2.07. The van der Waals surface area contributed by atoms with Gasteiger partial charge in [0.1, 0.15) is 0 Å². The van der Waals surface area contributed by atoms with Gasteiger partial charge in [0, 0.05) is 15.8 Å². The molecule has 0 aromatic carbocycles. The Labute approximate surface area is 111 Å². The highest BCUT2D eigenvalue weighted by molar-refractivity contribution is 7.12. The molecule has 2 aromatic heterocycles. The maximum absolute atomic E-state index is 4.06. The third kappa shape index (κ3) is 3.14. The number of aromatic nitrogens is 4. The largest absolute Gasteiger partial charge is 0.308 e. The third-order valence-corrected chi connectivity index (χ3v) is 3.93. The highest BCUT2D eigenvalue weighted by Gasteiger charge is 2.09. The number of rotatable bonds is 5. The van der Waals surface area contributed by atoms with Crippen LogP contribution < -0.4 is 5.32 Å². The predicted molar refractivity (Wildman–Crippen MR) is 72.7 cm³/mol. The zero-order valence-corrected chi connectivity index (χ0v) is 12.1. The van der Waals surface area contributed by atoms with Crippen LogP contribution in [0.15, 0.2) is 6.07 Å². The fraction of sp³-hybridized carbons (Fsp3) is 0.583. The van der Waals surface area contributed by atoms with Gasteiger partial charge in [0.25, 0.3) is 0 Å². The van der Waals surface area contributed by atoms with E-state index in [4.69, 9.17) is 0 Å². The van der Waals surface area contributed by atoms with E-state index in [1.54, 1.807) is 0 Å². The monoisotopic (exact) mass is 265 g/mol. The van der Waals surface area contributed by atoms with Gasteiger partial charge in [-0.3, -0.25) is 0 Å². The first kappa shape index (κ1) is 13.2. The summed E-state index contributed by atoms with van der Waals surface area (Å²) in [5.74, 6) is 0.882. The molecule has 0 unspecified atom stereocenters. The van der Waals surface area contributed by atoms with Crippen molar-refractivity contribution in [2.45, 2.75) is 46.8 Å². The van der Waals surface area contributed by atoms with Crippen LogP contribution >= 0.6 is 11.3 Å². The van der Waals surface area contributed by atoms with E-state index in [1.807, 2.05) is 16.0 Å². The van der Waals surface area contributed by atoms with E-state index in [9.17, 15) is 0 Å². The van der Waals surface area contributed by atoms with Crippen molar-refractivity contribution in [3.8, 4) is 0 Å². The van der Waals surface area contributed by atoms with Crippen molar-refractivity contribution in [3.63, 3.8) is 0 Å². The number of aryl methyl sites for hydroxylation is 2. The molecule has 18 heavy (non-hydrogen) atoms. The molecule has 1 N–H and O–H groups in total. The van der Waals surface area contributed by atoms with Crippen molar-refractivity contribution in [1.82, 2.24) is 25.5 Å². The highest BCUT2D eigenvalue weighted by atomic mass is 32.1. The van der Waals surface area contributed by atoms with Gasteiger partial charge in [-0.15, -0.1) is 16.4 Å². The summed E-state index contributed by atoms with van der Waals surface area (Å²) in [4.78, 5) is 2.66. The number of nitrogens with one attached hydrogen (secondary N) is 1. The molecule has 6 heteroatoms. The van der Waals surface area contributed by atoms with Gasteiger partial charge in [-0.05, 0) is 35.9 Å². The van der Waals surface area contributed by atoms with Crippen LogP contribution in [0.3, 0.4) is 0 Å². The first-order valence-corrected chi connectivity index (χ1v) is 6.92. The van der Waals surface area contributed by atoms with Crippen LogP contribution in [0.5, 0.6) is 0 Å². The molecule has 0 spiro atoms. The summed E-state index contributed by atoms with van der Waals surface area (Å²) >= 11 is 1.81. The molecule has 2 aromatic rings. The van der Waals surface area contributed by atoms with Crippen LogP contribution in [0.1, 0.15) is 35.0 Å². The summed E-state index contributed by atoms with van der Waals surface area (Å²) in [7, 11) is 0. The molecule has 0 bridgehead atoms. The molecular formula is C12H19N5S. The number of thiophene rings is 1. The van der Waals surface area contributed by atoms with E-state index in [2.05, 4.69) is 54.6 Å². The lowest BCUT2D eigenvalue weighted by atomic mass is 10.3. The summed E-state index contributed by atoms with van der Waals surface area (Å²) in [6.07, 6.45) is 0. The lowest BCUT2D eigenvalue weighted by Crippen LogP contribution is -2.24. The molecular weight excluding hydrogens is 246 g/mol. The maximum atomic E-state index is 4.06. The van der Waals surface area contributed by atoms with Crippen LogP contribution in [0.4, 0.5) is 0 Å². The summed E-state index contributed by atoms with van der Waals surface area (Å²) in [5, 5.41) is 15.2. The van der Waals surface area contributed by atoms with Crippen LogP contribution in [-0.2, 0) is 13.1 Å². The molecule has 0 aliphatic heterocycles. The molecule has 0 radical (unpaired) electrons. The lowest BCUT2D eigenvalue weighted by molar-refractivity contribution is 0.539. The molecule has 2 rings (SSSR count). The summed E-state index contributed by atoms with van der Waals surface area (Å²) in [5.41, 5.74) is 1.34. The Balaban J connectivity index is 2.07. The Morgan fingerprint density at radius 2 is 2.17 bits per heavy atom. The fourth-order valence-corrected chi connectivity index (χ4v) is 2.68. The molecule has 2 heterocycles. The molecule has 98 valence electrons. The van der Waals surface area contributed by atoms with E-state index < -0.39 is 0 Å². The van der Waals surface area contributed by atoms with Gasteiger partial charge in [0.05, 0.1) is 13.1 Å². The quantitative estimate of drug-likeness (QED) is 0.897. The predicted octanol–water partition coefficient (Wildman–Crippen LogP) is 1.90. The molecule has 0 saturated heterocycles. The summed E-state index contributed by atoms with van der Waals surface area (Å²) in [6.45, 7) is 9.95. The minimum atomic E-state index is 0.432. The van der Waals surface area contributed by atoms with Gasteiger partial charge >= 0.3 is 0 Å². The molecule has 5 nitrogen and oxygen atoms in total. The van der Waals surface area contributed by atoms with E-state index >= 15 is 0 Å². The molecule has 0 saturated carbocycles. The number of hydrogen-bond donors (Lipinski definition) is 1. The Bertz CT molecular complexity index is 495. The Morgan fingerprint density at radius 3 is 2.78 bits per heavy atom. The average Bonchev–Trinajstić information content (AvgIpc) is 2.85. The van der Waals surface area contributed by atoms with E-state index in [0.29, 0.717) is 12.6 Å². The van der Waals surface area contributed by atoms with Crippen molar-refractivity contribution in [3.05, 3.63) is 27.2 Å². The minimum Gasteiger partial charge on any atom is -0.308 e. The Kier molecular flexibility index (Phi) is 4.08. The normalized spacial score (nSPS) is 11.4. The van der Waals surface area contributed by atoms with Gasteiger partial charge in [0.2, 0.25) is 0 Å². The second-order valence-corrected chi connectivity index (χ2v) is 6.08. The number of nitrogens with zero attached hydrogens (tertiary/aromatic N) is 4. The molecule has 0 aliphatic rings. The zero-order valence-electron chi connectivity index (χ0n) is 11.3. The Hall–Kier alpha value is -1.27. The summed E-state index contributed by atoms with van der Waals surface area (Å²) < 4.78 is 1.86. The van der Waals surface area contributed by atoms with Crippen LogP contribution in [0.25, 0.3) is 0 Å². The molecule has 0 aliphatic carbocycles. The SMILES string of the molecule is Cc1cc(Cn2nnnc2CNC(C)C)sc1C. The Morgan fingerprint density at radius 1 is 1.39 bits per heavy atom. The minimum absolute atomic E-state index is 0.432. The maximum Gasteiger partial charge on any atom is 0.165 e. The average molecular weight is 265 g/mol. The van der Waals surface area contributed by atoms with E-state index in [0.717, 1.165) is 12.4 Å². The van der Waals surface area contributed by atoms with Crippen molar-refractivity contribution >= 4 is 11.3 Å². The fourth-order valence-electron chi connectivity index (χ4n) is 1.64. The van der Waals surface area contributed by atoms with Crippen molar-refractivity contribution in [2.24, 2.45) is 0 Å². The first-order chi connectivity index (χ1) is 8.56. The van der Waals surface area contributed by atoms with Gasteiger partial charge < -0.3 is 5.32 Å². The van der Waals surface area contributed by atoms with E-state index in [-0.39, 0.29) is 0 Å².